The molecule has 0 aromatic carbocycles. The van der Waals surface area contributed by atoms with Crippen LogP contribution in [-0.2, 0) is 4.79 Å². The Morgan fingerprint density at radius 2 is 2.00 bits per heavy atom. The number of carbonyl (C=O) groups excluding carboxylic acids is 1. The van der Waals surface area contributed by atoms with Crippen LogP contribution < -0.4 is 0 Å². The van der Waals surface area contributed by atoms with E-state index in [0.29, 0.717) is 23.7 Å². The van der Waals surface area contributed by atoms with E-state index in [1.807, 2.05) is 6.20 Å². The molecule has 2 saturated carbocycles. The van der Waals surface area contributed by atoms with Gasteiger partial charge in [0, 0.05) is 37.9 Å². The van der Waals surface area contributed by atoms with Crippen LogP contribution in [0.3, 0.4) is 0 Å². The van der Waals surface area contributed by atoms with Crippen LogP contribution >= 0.6 is 0 Å². The number of hydrogen-bond acceptors (Lipinski definition) is 3. The van der Waals surface area contributed by atoms with Crippen molar-refractivity contribution >= 4 is 5.91 Å². The third kappa shape index (κ3) is 2.59. The SMILES string of the molecule is CN1CCN(C(=O)C(C2CC2)C2CC2)C[C@@H]1c1ncc[nH]1. The molecule has 1 aliphatic heterocycles. The van der Waals surface area contributed by atoms with Crippen LogP contribution in [0.25, 0.3) is 0 Å². The molecule has 1 atom stereocenters. The maximum Gasteiger partial charge on any atom is 0.226 e. The van der Waals surface area contributed by atoms with Crippen molar-refractivity contribution in [2.24, 2.45) is 17.8 Å². The Morgan fingerprint density at radius 1 is 1.29 bits per heavy atom. The van der Waals surface area contributed by atoms with Crippen LogP contribution in [0.4, 0.5) is 0 Å². The first-order valence-electron chi connectivity index (χ1n) is 8.22. The number of nitrogens with one attached hydrogen (secondary N) is 1. The van der Waals surface area contributed by atoms with Crippen molar-refractivity contribution in [1.29, 1.82) is 0 Å². The molecule has 114 valence electrons. The first-order chi connectivity index (χ1) is 10.2. The number of imidazole rings is 1. The average molecular weight is 288 g/mol. The second kappa shape index (κ2) is 5.13. The molecule has 0 spiro atoms. The van der Waals surface area contributed by atoms with Crippen LogP contribution in [0.1, 0.15) is 37.5 Å². The third-order valence-corrected chi connectivity index (χ3v) is 5.34. The van der Waals surface area contributed by atoms with Gasteiger partial charge in [0.05, 0.1) is 6.04 Å². The van der Waals surface area contributed by atoms with E-state index in [-0.39, 0.29) is 6.04 Å². The summed E-state index contributed by atoms with van der Waals surface area (Å²) in [6, 6.07) is 0.205. The minimum Gasteiger partial charge on any atom is -0.347 e. The lowest BCUT2D eigenvalue weighted by Crippen LogP contribution is -2.51. The molecule has 2 aliphatic carbocycles. The van der Waals surface area contributed by atoms with E-state index in [0.717, 1.165) is 25.5 Å². The van der Waals surface area contributed by atoms with E-state index in [1.165, 1.54) is 25.7 Å². The summed E-state index contributed by atoms with van der Waals surface area (Å²) in [5.41, 5.74) is 0. The van der Waals surface area contributed by atoms with Gasteiger partial charge in [-0.2, -0.15) is 0 Å². The number of nitrogens with zero attached hydrogens (tertiary/aromatic N) is 3. The molecule has 1 amide bonds. The van der Waals surface area contributed by atoms with Gasteiger partial charge in [0.1, 0.15) is 5.82 Å². The standard InChI is InChI=1S/C16H24N4O/c1-19-8-9-20(10-13(19)15-17-6-7-18-15)16(21)14(11-2-3-11)12-4-5-12/h6-7,11-14H,2-5,8-10H2,1H3,(H,17,18)/t13-/m1/s1. The molecule has 0 radical (unpaired) electrons. The molecule has 3 fully saturated rings. The quantitative estimate of drug-likeness (QED) is 0.917. The first-order valence-corrected chi connectivity index (χ1v) is 8.22. The summed E-state index contributed by atoms with van der Waals surface area (Å²) in [4.78, 5) is 25.0. The molecular weight excluding hydrogens is 264 g/mol. The molecule has 0 bridgehead atoms. The number of aromatic amines is 1. The van der Waals surface area contributed by atoms with Crippen molar-refractivity contribution in [3.05, 3.63) is 18.2 Å². The molecule has 2 heterocycles. The van der Waals surface area contributed by atoms with Crippen molar-refractivity contribution in [3.63, 3.8) is 0 Å². The van der Waals surface area contributed by atoms with Gasteiger partial charge in [0.2, 0.25) is 5.91 Å². The summed E-state index contributed by atoms with van der Waals surface area (Å²) in [6.07, 6.45) is 8.72. The van der Waals surface area contributed by atoms with Gasteiger partial charge in [-0.15, -0.1) is 0 Å². The summed E-state index contributed by atoms with van der Waals surface area (Å²) in [5, 5.41) is 0. The van der Waals surface area contributed by atoms with Gasteiger partial charge in [-0.25, -0.2) is 4.98 Å². The predicted octanol–water partition coefficient (Wildman–Crippen LogP) is 1.66. The molecule has 3 aliphatic rings. The number of carbonyl (C=O) groups is 1. The summed E-state index contributed by atoms with van der Waals surface area (Å²) in [5.74, 6) is 3.10. The van der Waals surface area contributed by atoms with E-state index < -0.39 is 0 Å². The Labute approximate surface area is 125 Å². The van der Waals surface area contributed by atoms with E-state index >= 15 is 0 Å². The number of amides is 1. The summed E-state index contributed by atoms with van der Waals surface area (Å²) >= 11 is 0. The number of hydrogen-bond donors (Lipinski definition) is 1. The molecule has 1 aromatic rings. The zero-order valence-electron chi connectivity index (χ0n) is 12.7. The van der Waals surface area contributed by atoms with Gasteiger partial charge in [-0.3, -0.25) is 9.69 Å². The first kappa shape index (κ1) is 13.3. The predicted molar refractivity (Wildman–Crippen MR) is 79.5 cm³/mol. The van der Waals surface area contributed by atoms with Gasteiger partial charge >= 0.3 is 0 Å². The Bertz CT molecular complexity index is 494. The lowest BCUT2D eigenvalue weighted by Gasteiger charge is -2.40. The minimum absolute atomic E-state index is 0.205. The second-order valence-electron chi connectivity index (χ2n) is 6.96. The molecule has 4 rings (SSSR count). The minimum atomic E-state index is 0.205. The fraction of sp³-hybridized carbons (Fsp3) is 0.750. The molecule has 5 heteroatoms. The fourth-order valence-corrected chi connectivity index (χ4v) is 3.74. The van der Waals surface area contributed by atoms with Gasteiger partial charge < -0.3 is 9.88 Å². The summed E-state index contributed by atoms with van der Waals surface area (Å²) in [6.45, 7) is 2.57. The molecule has 1 saturated heterocycles. The lowest BCUT2D eigenvalue weighted by atomic mass is 9.95. The third-order valence-electron chi connectivity index (χ3n) is 5.34. The topological polar surface area (TPSA) is 52.2 Å². The van der Waals surface area contributed by atoms with Crippen molar-refractivity contribution in [2.75, 3.05) is 26.7 Å². The van der Waals surface area contributed by atoms with Crippen molar-refractivity contribution in [3.8, 4) is 0 Å². The lowest BCUT2D eigenvalue weighted by molar-refractivity contribution is -0.140. The number of piperazine rings is 1. The zero-order chi connectivity index (χ0) is 14.4. The van der Waals surface area contributed by atoms with Crippen LogP contribution in [0.15, 0.2) is 12.4 Å². The number of likely N-dealkylation sites (N-methyl/N-ethyl adjacent to an activating group) is 1. The monoisotopic (exact) mass is 288 g/mol. The molecular formula is C16H24N4O. The molecule has 1 N–H and O–H groups in total. The maximum atomic E-state index is 13.0. The Kier molecular flexibility index (Phi) is 3.25. The van der Waals surface area contributed by atoms with E-state index in [2.05, 4.69) is 26.8 Å². The smallest absolute Gasteiger partial charge is 0.226 e. The molecule has 0 unspecified atom stereocenters. The zero-order valence-corrected chi connectivity index (χ0v) is 12.7. The average Bonchev–Trinajstić information content (AvgIpc) is 3.42. The number of rotatable bonds is 4. The van der Waals surface area contributed by atoms with Gasteiger partial charge in [-0.1, -0.05) is 0 Å². The normalized spacial score (nSPS) is 27.3. The van der Waals surface area contributed by atoms with Crippen molar-refractivity contribution in [2.45, 2.75) is 31.7 Å². The largest absolute Gasteiger partial charge is 0.347 e. The molecule has 1 aromatic heterocycles. The Morgan fingerprint density at radius 3 is 2.57 bits per heavy atom. The highest BCUT2D eigenvalue weighted by molar-refractivity contribution is 5.80. The van der Waals surface area contributed by atoms with E-state index in [4.69, 9.17) is 0 Å². The number of H-pyrrole nitrogens is 1. The fourth-order valence-electron chi connectivity index (χ4n) is 3.74. The Hall–Kier alpha value is -1.36. The Balaban J connectivity index is 1.48. The maximum absolute atomic E-state index is 13.0. The van der Waals surface area contributed by atoms with Gasteiger partial charge in [0.15, 0.2) is 0 Å². The number of aromatic nitrogens is 2. The highest BCUT2D eigenvalue weighted by Gasteiger charge is 2.47. The molecule has 21 heavy (non-hydrogen) atoms. The van der Waals surface area contributed by atoms with E-state index in [1.54, 1.807) is 6.20 Å². The second-order valence-corrected chi connectivity index (χ2v) is 6.96. The van der Waals surface area contributed by atoms with Crippen molar-refractivity contribution < 1.29 is 4.79 Å². The summed E-state index contributed by atoms with van der Waals surface area (Å²) < 4.78 is 0. The van der Waals surface area contributed by atoms with Crippen molar-refractivity contribution in [1.82, 2.24) is 19.8 Å². The highest BCUT2D eigenvalue weighted by Crippen LogP contribution is 2.50. The van der Waals surface area contributed by atoms with Gasteiger partial charge in [-0.05, 0) is 44.6 Å². The van der Waals surface area contributed by atoms with Crippen LogP contribution in [-0.4, -0.2) is 52.4 Å². The van der Waals surface area contributed by atoms with Crippen LogP contribution in [0.5, 0.6) is 0 Å². The van der Waals surface area contributed by atoms with Crippen LogP contribution in [0.2, 0.25) is 0 Å². The highest BCUT2D eigenvalue weighted by atomic mass is 16.2. The summed E-state index contributed by atoms with van der Waals surface area (Å²) in [7, 11) is 2.12. The van der Waals surface area contributed by atoms with E-state index in [9.17, 15) is 4.79 Å². The van der Waals surface area contributed by atoms with Crippen LogP contribution in [0, 0.1) is 17.8 Å². The van der Waals surface area contributed by atoms with Gasteiger partial charge in [0.25, 0.3) is 0 Å². The molecule has 5 nitrogen and oxygen atoms in total.